The van der Waals surface area contributed by atoms with Gasteiger partial charge in [0.25, 0.3) is 0 Å². The van der Waals surface area contributed by atoms with Crippen LogP contribution in [0.1, 0.15) is 0 Å². The fourth-order valence-electron chi connectivity index (χ4n) is 22.0. The van der Waals surface area contributed by atoms with Gasteiger partial charge in [-0.1, -0.05) is 358 Å². The van der Waals surface area contributed by atoms with Crippen LogP contribution >= 0.6 is 0 Å². The molecule has 0 bridgehead atoms. The van der Waals surface area contributed by atoms with Gasteiger partial charge < -0.3 is 27.4 Å². The van der Waals surface area contributed by atoms with Crippen molar-refractivity contribution in [1.29, 1.82) is 0 Å². The van der Waals surface area contributed by atoms with Crippen molar-refractivity contribution in [2.75, 3.05) is 0 Å². The maximum Gasteiger partial charge on any atom is 0.164 e. The van der Waals surface area contributed by atoms with E-state index in [1.54, 1.807) is 0 Å². The molecule has 15 nitrogen and oxygen atoms in total. The smallest absolute Gasteiger partial charge is 0.164 e. The Labute approximate surface area is 861 Å². The van der Waals surface area contributed by atoms with E-state index in [2.05, 4.69) is 373 Å². The van der Waals surface area contributed by atoms with Crippen molar-refractivity contribution in [2.24, 2.45) is 0 Å². The van der Waals surface area contributed by atoms with Gasteiger partial charge in [0.2, 0.25) is 0 Å². The Balaban J connectivity index is 0.000000108. The van der Waals surface area contributed by atoms with E-state index in [0.29, 0.717) is 52.4 Å². The van der Waals surface area contributed by atoms with E-state index in [1.165, 1.54) is 109 Å². The Morgan fingerprint density at radius 1 is 0.100 bits per heavy atom. The van der Waals surface area contributed by atoms with Gasteiger partial charge in [0.05, 0.1) is 66.2 Å². The topological polar surface area (TPSA) is 146 Å². The van der Waals surface area contributed by atoms with E-state index in [4.69, 9.17) is 44.9 Å². The molecule has 0 saturated heterocycles. The Morgan fingerprint density at radius 3 is 0.500 bits per heavy atom. The maximum absolute atomic E-state index is 4.97. The van der Waals surface area contributed by atoms with Gasteiger partial charge in [-0.3, -0.25) is 0 Å². The highest BCUT2D eigenvalue weighted by Crippen LogP contribution is 2.48. The number of para-hydroxylation sites is 9. The Kier molecular flexibility index (Phi) is 21.5. The zero-order chi connectivity index (χ0) is 99.1. The summed E-state index contributed by atoms with van der Waals surface area (Å²) >= 11 is 0. The van der Waals surface area contributed by atoms with Crippen LogP contribution in [0.15, 0.2) is 528 Å². The van der Waals surface area contributed by atoms with E-state index in [1.807, 2.05) is 182 Å². The molecular weight excluding hydrogens is 1830 g/mol. The first-order chi connectivity index (χ1) is 74.4. The summed E-state index contributed by atoms with van der Waals surface area (Å²) in [4.78, 5) is 44.3. The molecule has 21 aromatic carbocycles. The minimum atomic E-state index is 0.639. The van der Waals surface area contributed by atoms with Crippen LogP contribution in [0.25, 0.3) is 267 Å². The molecule has 0 saturated carbocycles. The summed E-state index contributed by atoms with van der Waals surface area (Å²) in [5.41, 5.74) is 29.4. The zero-order valence-electron chi connectivity index (χ0n) is 80.9. The first-order valence-corrected chi connectivity index (χ1v) is 50.4. The van der Waals surface area contributed by atoms with Crippen molar-refractivity contribution < 1.29 is 0 Å². The Morgan fingerprint density at radius 2 is 0.260 bits per heavy atom. The monoisotopic (exact) mass is 1920 g/mol. The minimum absolute atomic E-state index is 0.639. The van der Waals surface area contributed by atoms with Gasteiger partial charge in [-0.2, -0.15) is 0 Å². The Hall–Kier alpha value is -20.6. The van der Waals surface area contributed by atoms with Gasteiger partial charge >= 0.3 is 0 Å². The van der Waals surface area contributed by atoms with Crippen molar-refractivity contribution >= 4 is 131 Å². The molecule has 0 aliphatic heterocycles. The predicted molar refractivity (Wildman–Crippen MR) is 614 cm³/mol. The molecule has 0 spiro atoms. The summed E-state index contributed by atoms with van der Waals surface area (Å²) in [6.07, 6.45) is 0. The Bertz CT molecular complexity index is 10200. The standard InChI is InChI=1S/3C45H29N5/c1-4-14-30(15-5-1)43-46-44(31-16-6-2-7-17-31)48-45(47-43)32-24-26-34(27-25-32)49-39-23-13-11-21-37(39)41-40(49)29-28-36-35-20-10-12-22-38(35)50(42(36)41)33-18-8-3-9-19-33;1-4-14-30(15-5-1)43-46-44(31-16-6-2-7-17-31)48-45(47-43)32-24-26-34(27-25-32)50-38-22-12-10-20-35(38)36-28-29-40-41(42(36)50)37-21-11-13-23-39(37)49(40)33-18-8-3-9-19-33;1-4-14-30(15-5-1)43-46-44(31-16-6-2-7-17-31)48-45(47-43)32-24-26-34(27-25-32)50-38-23-13-11-21-36(38)42-40(50)29-28-39-41(42)35-20-10-12-22-37(35)49(39)33-18-8-3-9-19-33/h3*1-29H. The molecule has 9 aromatic heterocycles. The molecule has 702 valence electrons. The van der Waals surface area contributed by atoms with Crippen LogP contribution in [0.2, 0.25) is 0 Å². The van der Waals surface area contributed by atoms with Crippen molar-refractivity contribution in [3.8, 4) is 137 Å². The third kappa shape index (κ3) is 15.2. The van der Waals surface area contributed by atoms with Crippen LogP contribution in [-0.2, 0) is 0 Å². The molecule has 30 rings (SSSR count). The number of aromatic nitrogens is 15. The summed E-state index contributed by atoms with van der Waals surface area (Å²) in [5, 5.41) is 14.8. The lowest BCUT2D eigenvalue weighted by molar-refractivity contribution is 1.07. The highest BCUT2D eigenvalue weighted by Gasteiger charge is 2.28. The molecule has 0 amide bonds. The first kappa shape index (κ1) is 87.3. The minimum Gasteiger partial charge on any atom is -0.309 e. The summed E-state index contributed by atoms with van der Waals surface area (Å²) in [6.45, 7) is 0. The number of hydrogen-bond donors (Lipinski definition) is 0. The maximum atomic E-state index is 4.97. The van der Waals surface area contributed by atoms with Crippen LogP contribution in [0.3, 0.4) is 0 Å². The summed E-state index contributed by atoms with van der Waals surface area (Å²) in [7, 11) is 0. The lowest BCUT2D eigenvalue weighted by Gasteiger charge is -2.11. The molecule has 30 aromatic rings. The second-order valence-electron chi connectivity index (χ2n) is 37.4. The van der Waals surface area contributed by atoms with Crippen molar-refractivity contribution in [3.05, 3.63) is 528 Å². The normalized spacial score (nSPS) is 11.6. The second kappa shape index (κ2) is 37.0. The van der Waals surface area contributed by atoms with Crippen LogP contribution in [0.5, 0.6) is 0 Å². The molecule has 0 fully saturated rings. The largest absolute Gasteiger partial charge is 0.309 e. The van der Waals surface area contributed by atoms with Gasteiger partial charge in [-0.25, -0.2) is 44.9 Å². The van der Waals surface area contributed by atoms with E-state index in [9.17, 15) is 0 Å². The third-order valence-corrected chi connectivity index (χ3v) is 28.7. The number of benzene rings is 21. The van der Waals surface area contributed by atoms with Gasteiger partial charge in [0.15, 0.2) is 52.4 Å². The summed E-state index contributed by atoms with van der Waals surface area (Å²) in [5.74, 6) is 5.83. The van der Waals surface area contributed by atoms with Crippen molar-refractivity contribution in [3.63, 3.8) is 0 Å². The number of nitrogens with zero attached hydrogens (tertiary/aromatic N) is 15. The van der Waals surface area contributed by atoms with Gasteiger partial charge in [0, 0.05) is 149 Å². The quantitative estimate of drug-likeness (QED) is 0.0979. The predicted octanol–water partition coefficient (Wildman–Crippen LogP) is 33.2. The fourth-order valence-corrected chi connectivity index (χ4v) is 22.0. The molecule has 150 heavy (non-hydrogen) atoms. The molecule has 0 aliphatic carbocycles. The van der Waals surface area contributed by atoms with E-state index in [-0.39, 0.29) is 0 Å². The van der Waals surface area contributed by atoms with E-state index < -0.39 is 0 Å². The fraction of sp³-hybridized carbons (Fsp3) is 0. The summed E-state index contributed by atoms with van der Waals surface area (Å²) < 4.78 is 14.3. The third-order valence-electron chi connectivity index (χ3n) is 28.7. The average Bonchev–Trinajstić information content (AvgIpc) is 1.55. The van der Waals surface area contributed by atoms with Gasteiger partial charge in [0.1, 0.15) is 0 Å². The molecule has 0 N–H and O–H groups in total. The van der Waals surface area contributed by atoms with Crippen LogP contribution in [0.4, 0.5) is 0 Å². The molecule has 9 heterocycles. The van der Waals surface area contributed by atoms with Crippen LogP contribution in [0, 0.1) is 0 Å². The molecule has 15 heteroatoms. The van der Waals surface area contributed by atoms with Crippen molar-refractivity contribution in [2.45, 2.75) is 0 Å². The highest BCUT2D eigenvalue weighted by atomic mass is 15.1. The van der Waals surface area contributed by atoms with E-state index >= 15 is 0 Å². The van der Waals surface area contributed by atoms with Gasteiger partial charge in [-0.15, -0.1) is 0 Å². The van der Waals surface area contributed by atoms with Crippen LogP contribution < -0.4 is 0 Å². The van der Waals surface area contributed by atoms with Crippen LogP contribution in [-0.4, -0.2) is 72.3 Å². The lowest BCUT2D eigenvalue weighted by Crippen LogP contribution is -2.00. The van der Waals surface area contributed by atoms with Gasteiger partial charge in [-0.05, 0) is 170 Å². The number of fused-ring (bicyclic) bond motifs is 21. The molecule has 0 atom stereocenters. The second-order valence-corrected chi connectivity index (χ2v) is 37.4. The molecule has 0 aliphatic rings. The lowest BCUT2D eigenvalue weighted by atomic mass is 10.1. The highest BCUT2D eigenvalue weighted by molar-refractivity contribution is 6.30. The molecule has 0 unspecified atom stereocenters. The first-order valence-electron chi connectivity index (χ1n) is 50.4. The zero-order valence-corrected chi connectivity index (χ0v) is 80.9. The van der Waals surface area contributed by atoms with E-state index in [0.717, 1.165) is 106 Å². The molecular formula is C135H87N15. The molecule has 0 radical (unpaired) electrons. The average molecular weight is 1920 g/mol. The number of hydrogen-bond acceptors (Lipinski definition) is 9. The SMILES string of the molecule is c1ccc(-c2nc(-c3ccccc3)nc(-c3ccc(-n4c5ccccc5c5c4ccc4c6ccccc6n(-c6ccccc6)c45)cc3)n2)cc1.c1ccc(-c2nc(-c3ccccc3)nc(-c3ccc(-n4c5ccccc5c5c6c7ccccc7n(-c7ccccc7)c6ccc54)cc3)n2)cc1.c1ccc(-c2nc(-c3ccccc3)nc(-c3ccc(-n4c5ccccc5c5ccc6c(c7ccccc7n6-c6ccccc6)c54)cc3)n2)cc1. The summed E-state index contributed by atoms with van der Waals surface area (Å²) in [6, 6.07) is 184. The number of rotatable bonds is 15. The van der Waals surface area contributed by atoms with Crippen molar-refractivity contribution in [1.82, 2.24) is 72.3 Å².